The van der Waals surface area contributed by atoms with Gasteiger partial charge < -0.3 is 15.4 Å². The third kappa shape index (κ3) is 4.98. The van der Waals surface area contributed by atoms with Gasteiger partial charge in [-0.25, -0.2) is 0 Å². The summed E-state index contributed by atoms with van der Waals surface area (Å²) < 4.78 is 5.24. The normalized spacial score (nSPS) is 10.2. The molecule has 0 radical (unpaired) electrons. The van der Waals surface area contributed by atoms with E-state index >= 15 is 0 Å². The molecular formula is C23H22N2O3. The quantitative estimate of drug-likeness (QED) is 0.670. The van der Waals surface area contributed by atoms with E-state index in [4.69, 9.17) is 4.74 Å². The molecule has 0 unspecified atom stereocenters. The Kier molecular flexibility index (Phi) is 6.07. The summed E-state index contributed by atoms with van der Waals surface area (Å²) in [4.78, 5) is 24.6. The Morgan fingerprint density at radius 2 is 1.54 bits per heavy atom. The maximum atomic E-state index is 12.4. The van der Waals surface area contributed by atoms with Crippen LogP contribution in [0.4, 0.5) is 11.4 Å². The van der Waals surface area contributed by atoms with Gasteiger partial charge in [-0.15, -0.1) is 0 Å². The van der Waals surface area contributed by atoms with Gasteiger partial charge in [0.25, 0.3) is 5.91 Å². The number of methoxy groups -OCH3 is 1. The van der Waals surface area contributed by atoms with E-state index in [1.807, 2.05) is 43.3 Å². The van der Waals surface area contributed by atoms with E-state index in [0.717, 1.165) is 11.1 Å². The highest BCUT2D eigenvalue weighted by Gasteiger charge is 2.10. The summed E-state index contributed by atoms with van der Waals surface area (Å²) in [6, 6.07) is 21.8. The van der Waals surface area contributed by atoms with Crippen molar-refractivity contribution in [3.05, 3.63) is 89.5 Å². The molecular weight excluding hydrogens is 352 g/mol. The number of rotatable bonds is 6. The molecule has 0 aromatic heterocycles. The average molecular weight is 374 g/mol. The van der Waals surface area contributed by atoms with Crippen LogP contribution in [-0.4, -0.2) is 18.9 Å². The lowest BCUT2D eigenvalue weighted by Crippen LogP contribution is -2.15. The first kappa shape index (κ1) is 19.2. The number of benzene rings is 3. The number of hydrogen-bond donors (Lipinski definition) is 2. The smallest absolute Gasteiger partial charge is 0.255 e. The number of para-hydroxylation sites is 2. The van der Waals surface area contributed by atoms with Crippen molar-refractivity contribution < 1.29 is 14.3 Å². The van der Waals surface area contributed by atoms with E-state index in [0.29, 0.717) is 29.1 Å². The number of aryl methyl sites for hydroxylation is 1. The number of anilines is 2. The lowest BCUT2D eigenvalue weighted by molar-refractivity contribution is -0.115. The molecule has 0 spiro atoms. The van der Waals surface area contributed by atoms with Gasteiger partial charge in [-0.3, -0.25) is 9.59 Å². The van der Waals surface area contributed by atoms with Crippen LogP contribution in [0.15, 0.2) is 72.8 Å². The SMILES string of the molecule is COc1ccccc1NC(=O)c1ccc(NC(=O)Cc2ccc(C)cc2)cc1. The van der Waals surface area contributed by atoms with Crippen LogP contribution in [0, 0.1) is 6.92 Å². The predicted octanol–water partition coefficient (Wildman–Crippen LogP) is 4.44. The molecule has 142 valence electrons. The molecule has 5 heteroatoms. The summed E-state index contributed by atoms with van der Waals surface area (Å²) in [5.74, 6) is 0.243. The minimum absolute atomic E-state index is 0.102. The van der Waals surface area contributed by atoms with Gasteiger partial charge in [0.2, 0.25) is 5.91 Å². The van der Waals surface area contributed by atoms with E-state index in [-0.39, 0.29) is 11.8 Å². The van der Waals surface area contributed by atoms with Crippen LogP contribution in [0.1, 0.15) is 21.5 Å². The van der Waals surface area contributed by atoms with Crippen molar-refractivity contribution >= 4 is 23.2 Å². The fraction of sp³-hybridized carbons (Fsp3) is 0.130. The Balaban J connectivity index is 1.60. The number of ether oxygens (including phenoxy) is 1. The molecule has 0 aliphatic carbocycles. The lowest BCUT2D eigenvalue weighted by Gasteiger charge is -2.10. The largest absolute Gasteiger partial charge is 0.495 e. The summed E-state index contributed by atoms with van der Waals surface area (Å²) in [6.45, 7) is 2.01. The van der Waals surface area contributed by atoms with E-state index < -0.39 is 0 Å². The van der Waals surface area contributed by atoms with Crippen molar-refractivity contribution in [2.24, 2.45) is 0 Å². The number of amides is 2. The van der Waals surface area contributed by atoms with Crippen molar-refractivity contribution in [2.75, 3.05) is 17.7 Å². The van der Waals surface area contributed by atoms with E-state index in [1.54, 1.807) is 43.5 Å². The molecule has 0 heterocycles. The molecule has 28 heavy (non-hydrogen) atoms. The van der Waals surface area contributed by atoms with Crippen LogP contribution in [0.3, 0.4) is 0 Å². The minimum Gasteiger partial charge on any atom is -0.495 e. The maximum absolute atomic E-state index is 12.4. The van der Waals surface area contributed by atoms with E-state index in [9.17, 15) is 9.59 Å². The summed E-state index contributed by atoms with van der Waals surface area (Å²) >= 11 is 0. The van der Waals surface area contributed by atoms with Crippen molar-refractivity contribution in [1.82, 2.24) is 0 Å². The molecule has 3 aromatic carbocycles. The molecule has 0 atom stereocenters. The van der Waals surface area contributed by atoms with Crippen molar-refractivity contribution in [1.29, 1.82) is 0 Å². The Labute approximate surface area is 164 Å². The Morgan fingerprint density at radius 1 is 0.857 bits per heavy atom. The van der Waals surface area contributed by atoms with Gasteiger partial charge in [0, 0.05) is 11.3 Å². The van der Waals surface area contributed by atoms with Gasteiger partial charge in [-0.2, -0.15) is 0 Å². The first-order chi connectivity index (χ1) is 13.5. The third-order valence-electron chi connectivity index (χ3n) is 4.27. The Hall–Kier alpha value is -3.60. The maximum Gasteiger partial charge on any atom is 0.255 e. The van der Waals surface area contributed by atoms with Gasteiger partial charge in [0.05, 0.1) is 19.2 Å². The molecule has 0 saturated heterocycles. The predicted molar refractivity (Wildman–Crippen MR) is 111 cm³/mol. The van der Waals surface area contributed by atoms with Crippen LogP contribution >= 0.6 is 0 Å². The zero-order valence-electron chi connectivity index (χ0n) is 15.9. The van der Waals surface area contributed by atoms with Crippen molar-refractivity contribution in [3.63, 3.8) is 0 Å². The molecule has 0 fully saturated rings. The molecule has 0 saturated carbocycles. The monoisotopic (exact) mass is 374 g/mol. The molecule has 2 amide bonds. The van der Waals surface area contributed by atoms with Gasteiger partial charge in [0.15, 0.2) is 0 Å². The second-order valence-corrected chi connectivity index (χ2v) is 6.44. The summed E-state index contributed by atoms with van der Waals surface area (Å²) in [5, 5.41) is 5.67. The second-order valence-electron chi connectivity index (χ2n) is 6.44. The zero-order valence-corrected chi connectivity index (χ0v) is 15.9. The fourth-order valence-corrected chi connectivity index (χ4v) is 2.74. The molecule has 3 aromatic rings. The molecule has 2 N–H and O–H groups in total. The van der Waals surface area contributed by atoms with Crippen LogP contribution in [-0.2, 0) is 11.2 Å². The van der Waals surface area contributed by atoms with E-state index in [2.05, 4.69) is 10.6 Å². The van der Waals surface area contributed by atoms with Crippen LogP contribution in [0.25, 0.3) is 0 Å². The highest BCUT2D eigenvalue weighted by molar-refractivity contribution is 6.05. The molecule has 0 bridgehead atoms. The van der Waals surface area contributed by atoms with Crippen LogP contribution in [0.5, 0.6) is 5.75 Å². The van der Waals surface area contributed by atoms with Gasteiger partial charge in [-0.1, -0.05) is 42.0 Å². The summed E-state index contributed by atoms with van der Waals surface area (Å²) in [6.07, 6.45) is 0.302. The van der Waals surface area contributed by atoms with E-state index in [1.165, 1.54) is 0 Å². The highest BCUT2D eigenvalue weighted by atomic mass is 16.5. The molecule has 5 nitrogen and oxygen atoms in total. The highest BCUT2D eigenvalue weighted by Crippen LogP contribution is 2.23. The van der Waals surface area contributed by atoms with Crippen LogP contribution in [0.2, 0.25) is 0 Å². The standard InChI is InChI=1S/C23H22N2O3/c1-16-7-9-17(10-8-16)15-22(26)24-19-13-11-18(12-14-19)23(27)25-20-5-3-4-6-21(20)28-2/h3-14H,15H2,1-2H3,(H,24,26)(H,25,27). The van der Waals surface area contributed by atoms with Crippen LogP contribution < -0.4 is 15.4 Å². The summed E-state index contributed by atoms with van der Waals surface area (Å²) in [7, 11) is 1.55. The van der Waals surface area contributed by atoms with Crippen molar-refractivity contribution in [3.8, 4) is 5.75 Å². The zero-order chi connectivity index (χ0) is 19.9. The Morgan fingerprint density at radius 3 is 2.21 bits per heavy atom. The minimum atomic E-state index is -0.248. The number of hydrogen-bond acceptors (Lipinski definition) is 3. The average Bonchev–Trinajstić information content (AvgIpc) is 2.70. The first-order valence-corrected chi connectivity index (χ1v) is 8.95. The number of carbonyl (C=O) groups is 2. The van der Waals surface area contributed by atoms with Crippen molar-refractivity contribution in [2.45, 2.75) is 13.3 Å². The Bertz CT molecular complexity index is 964. The lowest BCUT2D eigenvalue weighted by atomic mass is 10.1. The second kappa shape index (κ2) is 8.86. The molecule has 0 aliphatic heterocycles. The first-order valence-electron chi connectivity index (χ1n) is 8.95. The number of nitrogens with one attached hydrogen (secondary N) is 2. The topological polar surface area (TPSA) is 67.4 Å². The third-order valence-corrected chi connectivity index (χ3v) is 4.27. The fourth-order valence-electron chi connectivity index (χ4n) is 2.74. The van der Waals surface area contributed by atoms with Gasteiger partial charge in [0.1, 0.15) is 5.75 Å². The summed E-state index contributed by atoms with van der Waals surface area (Å²) in [5.41, 5.74) is 3.85. The molecule has 0 aliphatic rings. The van der Waals surface area contributed by atoms with Gasteiger partial charge in [-0.05, 0) is 48.9 Å². The molecule has 3 rings (SSSR count). The number of carbonyl (C=O) groups excluding carboxylic acids is 2. The van der Waals surface area contributed by atoms with Gasteiger partial charge >= 0.3 is 0 Å².